The standard InChI is InChI=1S/C8H8O3.C5H10Br2O2.C4H2O3.C2H6O2/c9-7-5-3-1-2-4-6(5)8(10)11-7;6-1-5(2-7,3-8)4-9;5-3-1-2-4(6)7-3;3-1-2-4/h1-2,5-6H,3-4H2;8-9H,1-4H2;1-2H;3-4H,1-2H2. The molecule has 0 radical (unpaired) electrons. The van der Waals surface area contributed by atoms with Crippen molar-refractivity contribution in [3.05, 3.63) is 24.3 Å². The Morgan fingerprint density at radius 3 is 1.35 bits per heavy atom. The van der Waals surface area contributed by atoms with Crippen LogP contribution in [0.4, 0.5) is 0 Å². The van der Waals surface area contributed by atoms with Crippen LogP contribution in [0.1, 0.15) is 12.8 Å². The van der Waals surface area contributed by atoms with Crippen LogP contribution >= 0.6 is 31.9 Å². The molecule has 2 atom stereocenters. The van der Waals surface area contributed by atoms with Crippen LogP contribution in [0.2, 0.25) is 0 Å². The van der Waals surface area contributed by atoms with Crippen molar-refractivity contribution in [1.29, 1.82) is 0 Å². The van der Waals surface area contributed by atoms with Crippen LogP contribution in [0.25, 0.3) is 0 Å². The van der Waals surface area contributed by atoms with Gasteiger partial charge in [-0.15, -0.1) is 0 Å². The van der Waals surface area contributed by atoms with Gasteiger partial charge in [0.1, 0.15) is 0 Å². The van der Waals surface area contributed by atoms with E-state index in [-0.39, 0.29) is 55.6 Å². The van der Waals surface area contributed by atoms with Crippen molar-refractivity contribution >= 4 is 55.7 Å². The number of aliphatic hydroxyl groups is 4. The summed E-state index contributed by atoms with van der Waals surface area (Å²) >= 11 is 6.41. The molecule has 2 unspecified atom stereocenters. The van der Waals surface area contributed by atoms with Crippen molar-refractivity contribution in [2.45, 2.75) is 12.8 Å². The van der Waals surface area contributed by atoms with Crippen molar-refractivity contribution < 1.29 is 49.1 Å². The molecule has 2 heterocycles. The van der Waals surface area contributed by atoms with Crippen molar-refractivity contribution in [3.63, 3.8) is 0 Å². The van der Waals surface area contributed by atoms with Crippen LogP contribution in [-0.4, -0.2) is 81.4 Å². The Kier molecular flexibility index (Phi) is 15.5. The average molecular weight is 574 g/mol. The van der Waals surface area contributed by atoms with Crippen LogP contribution in [-0.2, 0) is 28.7 Å². The van der Waals surface area contributed by atoms with E-state index < -0.39 is 11.9 Å². The molecule has 1 saturated heterocycles. The van der Waals surface area contributed by atoms with E-state index in [1.807, 2.05) is 12.2 Å². The number of ether oxygens (including phenoxy) is 2. The number of halogens is 2. The van der Waals surface area contributed by atoms with E-state index in [0.29, 0.717) is 23.5 Å². The second-order valence-electron chi connectivity index (χ2n) is 6.50. The molecule has 0 saturated carbocycles. The predicted octanol–water partition coefficient (Wildman–Crippen LogP) is -0.00360. The zero-order chi connectivity index (χ0) is 23.9. The zero-order valence-corrected chi connectivity index (χ0v) is 19.8. The van der Waals surface area contributed by atoms with Crippen LogP contribution in [0, 0.1) is 17.3 Å². The summed E-state index contributed by atoms with van der Waals surface area (Å²) in [7, 11) is 0. The van der Waals surface area contributed by atoms with Gasteiger partial charge >= 0.3 is 23.9 Å². The molecule has 3 aliphatic rings. The van der Waals surface area contributed by atoms with E-state index in [0.717, 1.165) is 12.2 Å². The molecule has 31 heavy (non-hydrogen) atoms. The third-order valence-corrected chi connectivity index (χ3v) is 6.51. The van der Waals surface area contributed by atoms with Gasteiger partial charge in [0.05, 0.1) is 38.3 Å². The molecule has 0 bridgehead atoms. The summed E-state index contributed by atoms with van der Waals surface area (Å²) in [6, 6.07) is 0. The minimum atomic E-state index is -0.579. The molecule has 3 rings (SSSR count). The number of cyclic esters (lactones) is 4. The fraction of sp³-hybridized carbons (Fsp3) is 0.579. The number of alkyl halides is 2. The van der Waals surface area contributed by atoms with E-state index in [4.69, 9.17) is 20.4 Å². The minimum absolute atomic E-state index is 0. The minimum Gasteiger partial charge on any atom is -0.396 e. The van der Waals surface area contributed by atoms with E-state index >= 15 is 0 Å². The first-order valence-corrected chi connectivity index (χ1v) is 11.4. The molecule has 1 aliphatic carbocycles. The van der Waals surface area contributed by atoms with Crippen molar-refractivity contribution in [3.8, 4) is 0 Å². The van der Waals surface area contributed by atoms with E-state index in [1.54, 1.807) is 0 Å². The summed E-state index contributed by atoms with van der Waals surface area (Å²) < 4.78 is 8.46. The number of carbonyl (C=O) groups is 4. The molecule has 10 nitrogen and oxygen atoms in total. The molecule has 0 aromatic rings. The van der Waals surface area contributed by atoms with Gasteiger partial charge in [-0.25, -0.2) is 9.59 Å². The number of aliphatic hydroxyl groups excluding tert-OH is 4. The highest BCUT2D eigenvalue weighted by molar-refractivity contribution is 9.09. The number of rotatable bonds is 5. The molecule has 0 aromatic carbocycles. The Morgan fingerprint density at radius 1 is 0.774 bits per heavy atom. The van der Waals surface area contributed by atoms with Gasteiger partial charge in [0.2, 0.25) is 0 Å². The Hall–Kier alpha value is -1.44. The average Bonchev–Trinajstić information content (AvgIpc) is 3.32. The van der Waals surface area contributed by atoms with Gasteiger partial charge in [-0.3, -0.25) is 9.59 Å². The summed E-state index contributed by atoms with van der Waals surface area (Å²) in [4.78, 5) is 41.7. The van der Waals surface area contributed by atoms with Gasteiger partial charge in [-0.1, -0.05) is 44.0 Å². The first kappa shape index (κ1) is 29.6. The third-order valence-electron chi connectivity index (χ3n) is 4.13. The van der Waals surface area contributed by atoms with Crippen molar-refractivity contribution in [2.75, 3.05) is 37.1 Å². The highest BCUT2D eigenvalue weighted by Crippen LogP contribution is 2.32. The quantitative estimate of drug-likeness (QED) is 0.152. The maximum Gasteiger partial charge on any atom is 0.338 e. The van der Waals surface area contributed by atoms with E-state index in [9.17, 15) is 19.2 Å². The summed E-state index contributed by atoms with van der Waals surface area (Å²) in [5, 5.41) is 34.0. The monoisotopic (exact) mass is 572 g/mol. The maximum absolute atomic E-state index is 10.9. The second kappa shape index (κ2) is 16.2. The SMILES string of the molecule is O=C1C=CC(=O)O1.O=C1OC(=O)C2CC=CCC12.OCC(CO)(CBr)CBr.OCCO. The molecular weight excluding hydrogens is 548 g/mol. The number of hydrogen-bond acceptors (Lipinski definition) is 10. The fourth-order valence-corrected chi connectivity index (χ4v) is 3.78. The lowest BCUT2D eigenvalue weighted by Crippen LogP contribution is -2.33. The second-order valence-corrected chi connectivity index (χ2v) is 7.62. The Morgan fingerprint density at radius 2 is 1.16 bits per heavy atom. The first-order chi connectivity index (χ1) is 14.7. The molecule has 1 fully saturated rings. The largest absolute Gasteiger partial charge is 0.396 e. The van der Waals surface area contributed by atoms with Crippen molar-refractivity contribution in [2.24, 2.45) is 17.3 Å². The molecule has 0 aromatic heterocycles. The molecule has 4 N–H and O–H groups in total. The molecule has 2 aliphatic heterocycles. The van der Waals surface area contributed by atoms with Crippen LogP contribution in [0.5, 0.6) is 0 Å². The van der Waals surface area contributed by atoms with Crippen LogP contribution in [0.15, 0.2) is 24.3 Å². The highest BCUT2D eigenvalue weighted by atomic mass is 79.9. The maximum atomic E-state index is 10.9. The zero-order valence-electron chi connectivity index (χ0n) is 16.6. The lowest BCUT2D eigenvalue weighted by molar-refractivity contribution is -0.154. The lowest BCUT2D eigenvalue weighted by atomic mass is 9.85. The summed E-state index contributed by atoms with van der Waals surface area (Å²) in [5.74, 6) is -2.22. The molecule has 12 heteroatoms. The number of carbonyl (C=O) groups excluding carboxylic acids is 4. The van der Waals surface area contributed by atoms with Crippen LogP contribution < -0.4 is 0 Å². The number of allylic oxidation sites excluding steroid dienone is 2. The summed E-state index contributed by atoms with van der Waals surface area (Å²) in [5.41, 5.74) is -0.389. The lowest BCUT2D eigenvalue weighted by Gasteiger charge is -2.23. The number of hydrogen-bond donors (Lipinski definition) is 4. The van der Waals surface area contributed by atoms with Gasteiger partial charge < -0.3 is 29.9 Å². The Bertz CT molecular complexity index is 599. The smallest absolute Gasteiger partial charge is 0.338 e. The Balaban J connectivity index is 0.000000410. The van der Waals surface area contributed by atoms with Crippen LogP contribution in [0.3, 0.4) is 0 Å². The number of esters is 4. The topological polar surface area (TPSA) is 168 Å². The normalized spacial score (nSPS) is 21.0. The highest BCUT2D eigenvalue weighted by Gasteiger charge is 2.43. The van der Waals surface area contributed by atoms with Gasteiger partial charge in [0.25, 0.3) is 0 Å². The predicted molar refractivity (Wildman–Crippen MR) is 115 cm³/mol. The molecule has 0 spiro atoms. The van der Waals surface area contributed by atoms with E-state index in [1.165, 1.54) is 0 Å². The third kappa shape index (κ3) is 10.6. The fourth-order valence-electron chi connectivity index (χ4n) is 2.14. The van der Waals surface area contributed by atoms with Gasteiger partial charge in [0, 0.05) is 28.2 Å². The van der Waals surface area contributed by atoms with Gasteiger partial charge in [0.15, 0.2) is 0 Å². The number of fused-ring (bicyclic) bond motifs is 1. The van der Waals surface area contributed by atoms with E-state index in [2.05, 4.69) is 41.3 Å². The molecule has 176 valence electrons. The summed E-state index contributed by atoms with van der Waals surface area (Å²) in [6.07, 6.45) is 7.36. The van der Waals surface area contributed by atoms with Gasteiger partial charge in [-0.05, 0) is 12.8 Å². The first-order valence-electron chi connectivity index (χ1n) is 9.13. The summed E-state index contributed by atoms with van der Waals surface area (Å²) in [6.45, 7) is -0.250. The van der Waals surface area contributed by atoms with Crippen molar-refractivity contribution in [1.82, 2.24) is 0 Å². The Labute approximate surface area is 196 Å². The van der Waals surface area contributed by atoms with Gasteiger partial charge in [-0.2, -0.15) is 0 Å². The molecule has 0 amide bonds. The molecular formula is C19H26Br2O10.